The van der Waals surface area contributed by atoms with Gasteiger partial charge in [0.1, 0.15) is 0 Å². The highest BCUT2D eigenvalue weighted by molar-refractivity contribution is 5.01. The minimum atomic E-state index is 0.574. The van der Waals surface area contributed by atoms with E-state index in [1.165, 1.54) is 5.56 Å². The number of rotatable bonds is 4. The van der Waals surface area contributed by atoms with Crippen molar-refractivity contribution in [2.75, 3.05) is 6.54 Å². The van der Waals surface area contributed by atoms with Gasteiger partial charge in [0, 0.05) is 17.7 Å². The zero-order valence-electron chi connectivity index (χ0n) is 8.75. The first-order chi connectivity index (χ1) is 6.18. The molecule has 0 atom stereocenters. The third-order valence-corrected chi connectivity index (χ3v) is 1.93. The molecule has 0 aromatic carbocycles. The van der Waals surface area contributed by atoms with Gasteiger partial charge in [0.25, 0.3) is 0 Å². The van der Waals surface area contributed by atoms with Crippen LogP contribution in [0.1, 0.15) is 19.4 Å². The van der Waals surface area contributed by atoms with Crippen LogP contribution in [0.25, 0.3) is 0 Å². The second-order valence-corrected chi connectivity index (χ2v) is 3.73. The second-order valence-electron chi connectivity index (χ2n) is 3.73. The second kappa shape index (κ2) is 4.97. The molecular formula is C11H19N2+. The molecule has 0 aliphatic rings. The molecule has 0 spiro atoms. The number of aryl methyl sites for hydroxylation is 1. The summed E-state index contributed by atoms with van der Waals surface area (Å²) < 4.78 is 2.21. The first-order valence-electron chi connectivity index (χ1n) is 4.87. The van der Waals surface area contributed by atoms with Crippen molar-refractivity contribution >= 4 is 0 Å². The number of aromatic nitrogens is 1. The number of nitrogens with one attached hydrogen (secondary N) is 1. The van der Waals surface area contributed by atoms with Crippen molar-refractivity contribution < 1.29 is 4.57 Å². The van der Waals surface area contributed by atoms with Gasteiger partial charge in [-0.1, -0.05) is 13.8 Å². The predicted octanol–water partition coefficient (Wildman–Crippen LogP) is 1.28. The molecule has 1 rings (SSSR count). The Morgan fingerprint density at radius 2 is 2.23 bits per heavy atom. The van der Waals surface area contributed by atoms with Crippen molar-refractivity contribution in [3.63, 3.8) is 0 Å². The van der Waals surface area contributed by atoms with E-state index in [0.29, 0.717) is 6.04 Å². The molecule has 1 N–H and O–H groups in total. The molecule has 0 bridgehead atoms. The normalized spacial score (nSPS) is 10.8. The third kappa shape index (κ3) is 4.04. The summed E-state index contributed by atoms with van der Waals surface area (Å²) in [6, 6.07) is 4.78. The van der Waals surface area contributed by atoms with Crippen molar-refractivity contribution in [2.45, 2.75) is 33.4 Å². The number of pyridine rings is 1. The maximum absolute atomic E-state index is 3.39. The minimum absolute atomic E-state index is 0.574. The summed E-state index contributed by atoms with van der Waals surface area (Å²) in [5, 5.41) is 3.39. The molecule has 0 fully saturated rings. The predicted molar refractivity (Wildman–Crippen MR) is 54.5 cm³/mol. The first kappa shape index (κ1) is 10.2. The van der Waals surface area contributed by atoms with Crippen LogP contribution < -0.4 is 9.88 Å². The van der Waals surface area contributed by atoms with Crippen LogP contribution in [0.5, 0.6) is 0 Å². The molecule has 72 valence electrons. The Bertz CT molecular complexity index is 256. The molecule has 0 aliphatic heterocycles. The van der Waals surface area contributed by atoms with Gasteiger partial charge in [0.05, 0.1) is 6.54 Å². The van der Waals surface area contributed by atoms with Crippen LogP contribution in [0, 0.1) is 6.92 Å². The maximum Gasteiger partial charge on any atom is 0.171 e. The fraction of sp³-hybridized carbons (Fsp3) is 0.545. The van der Waals surface area contributed by atoms with Crippen molar-refractivity contribution in [3.05, 3.63) is 30.1 Å². The van der Waals surface area contributed by atoms with Gasteiger partial charge in [0.2, 0.25) is 0 Å². The minimum Gasteiger partial charge on any atom is -0.309 e. The van der Waals surface area contributed by atoms with Gasteiger partial charge in [-0.25, -0.2) is 4.57 Å². The smallest absolute Gasteiger partial charge is 0.171 e. The molecule has 0 saturated carbocycles. The lowest BCUT2D eigenvalue weighted by Crippen LogP contribution is -2.40. The van der Waals surface area contributed by atoms with Gasteiger partial charge in [-0.2, -0.15) is 0 Å². The van der Waals surface area contributed by atoms with E-state index in [1.807, 2.05) is 0 Å². The van der Waals surface area contributed by atoms with E-state index in [-0.39, 0.29) is 0 Å². The fourth-order valence-electron chi connectivity index (χ4n) is 1.27. The highest BCUT2D eigenvalue weighted by Gasteiger charge is 1.99. The Hall–Kier alpha value is -0.890. The van der Waals surface area contributed by atoms with E-state index in [9.17, 15) is 0 Å². The molecule has 13 heavy (non-hydrogen) atoms. The summed E-state index contributed by atoms with van der Waals surface area (Å²) in [4.78, 5) is 0. The Morgan fingerprint density at radius 1 is 1.46 bits per heavy atom. The van der Waals surface area contributed by atoms with Crippen LogP contribution in [0.2, 0.25) is 0 Å². The van der Waals surface area contributed by atoms with Crippen LogP contribution in [0.3, 0.4) is 0 Å². The van der Waals surface area contributed by atoms with Crippen LogP contribution in [0.4, 0.5) is 0 Å². The van der Waals surface area contributed by atoms with Gasteiger partial charge in [-0.15, -0.1) is 0 Å². The average Bonchev–Trinajstić information content (AvgIpc) is 2.03. The first-order valence-corrected chi connectivity index (χ1v) is 4.87. The van der Waals surface area contributed by atoms with Crippen LogP contribution >= 0.6 is 0 Å². The summed E-state index contributed by atoms with van der Waals surface area (Å²) in [6.45, 7) is 8.53. The van der Waals surface area contributed by atoms with Gasteiger partial charge >= 0.3 is 0 Å². The molecule has 2 heteroatoms. The van der Waals surface area contributed by atoms with E-state index in [2.05, 4.69) is 55.2 Å². The van der Waals surface area contributed by atoms with Crippen LogP contribution in [0.15, 0.2) is 24.5 Å². The van der Waals surface area contributed by atoms with E-state index in [1.54, 1.807) is 0 Å². The third-order valence-electron chi connectivity index (χ3n) is 1.93. The standard InChI is InChI=1S/C11H19N2/c1-10(2)12-6-8-13-7-4-5-11(3)9-13/h4-5,7,9-10,12H,6,8H2,1-3H3/q+1. The average molecular weight is 179 g/mol. The van der Waals surface area contributed by atoms with E-state index in [4.69, 9.17) is 0 Å². The molecule has 0 unspecified atom stereocenters. The Kier molecular flexibility index (Phi) is 3.90. The molecular weight excluding hydrogens is 160 g/mol. The summed E-state index contributed by atoms with van der Waals surface area (Å²) in [7, 11) is 0. The van der Waals surface area contributed by atoms with Crippen molar-refractivity contribution in [1.82, 2.24) is 5.32 Å². The molecule has 0 radical (unpaired) electrons. The molecule has 0 saturated heterocycles. The number of hydrogen-bond donors (Lipinski definition) is 1. The molecule has 1 aromatic rings. The van der Waals surface area contributed by atoms with Crippen molar-refractivity contribution in [2.24, 2.45) is 0 Å². The Morgan fingerprint density at radius 3 is 2.85 bits per heavy atom. The van der Waals surface area contributed by atoms with Gasteiger partial charge in [0.15, 0.2) is 18.9 Å². The summed E-state index contributed by atoms with van der Waals surface area (Å²) in [6.07, 6.45) is 4.27. The summed E-state index contributed by atoms with van der Waals surface area (Å²) in [5.74, 6) is 0. The lowest BCUT2D eigenvalue weighted by atomic mass is 10.3. The number of nitrogens with zero attached hydrogens (tertiary/aromatic N) is 1. The quantitative estimate of drug-likeness (QED) is 0.689. The monoisotopic (exact) mass is 179 g/mol. The Labute approximate surface area is 80.6 Å². The lowest BCUT2D eigenvalue weighted by Gasteiger charge is -2.04. The molecule has 2 nitrogen and oxygen atoms in total. The fourth-order valence-corrected chi connectivity index (χ4v) is 1.27. The summed E-state index contributed by atoms with van der Waals surface area (Å²) >= 11 is 0. The van der Waals surface area contributed by atoms with Crippen molar-refractivity contribution in [3.8, 4) is 0 Å². The highest BCUT2D eigenvalue weighted by atomic mass is 15.0. The molecule has 0 aliphatic carbocycles. The SMILES string of the molecule is Cc1ccc[n+](CCNC(C)C)c1. The largest absolute Gasteiger partial charge is 0.309 e. The maximum atomic E-state index is 3.39. The van der Waals surface area contributed by atoms with Gasteiger partial charge in [-0.05, 0) is 13.0 Å². The molecule has 0 amide bonds. The zero-order chi connectivity index (χ0) is 9.68. The zero-order valence-corrected chi connectivity index (χ0v) is 8.75. The van der Waals surface area contributed by atoms with Gasteiger partial charge < -0.3 is 5.32 Å². The molecule has 1 heterocycles. The van der Waals surface area contributed by atoms with Gasteiger partial charge in [-0.3, -0.25) is 0 Å². The van der Waals surface area contributed by atoms with Crippen LogP contribution in [-0.2, 0) is 6.54 Å². The topological polar surface area (TPSA) is 15.9 Å². The van der Waals surface area contributed by atoms with Crippen LogP contribution in [-0.4, -0.2) is 12.6 Å². The Balaban J connectivity index is 2.37. The van der Waals surface area contributed by atoms with E-state index >= 15 is 0 Å². The van der Waals surface area contributed by atoms with Crippen molar-refractivity contribution in [1.29, 1.82) is 0 Å². The highest BCUT2D eigenvalue weighted by Crippen LogP contribution is 1.88. The van der Waals surface area contributed by atoms with E-state index in [0.717, 1.165) is 13.1 Å². The van der Waals surface area contributed by atoms with E-state index < -0.39 is 0 Å². The lowest BCUT2D eigenvalue weighted by molar-refractivity contribution is -0.695. The summed E-state index contributed by atoms with van der Waals surface area (Å²) in [5.41, 5.74) is 1.31. The molecule has 1 aromatic heterocycles. The number of hydrogen-bond acceptors (Lipinski definition) is 1.